The Balaban J connectivity index is 1.59. The lowest BCUT2D eigenvalue weighted by molar-refractivity contribution is -0.113. The highest BCUT2D eigenvalue weighted by molar-refractivity contribution is 7.99. The molecule has 5 aromatic rings. The summed E-state index contributed by atoms with van der Waals surface area (Å²) in [5.74, 6) is 0.358. The molecule has 0 aliphatic heterocycles. The maximum absolute atomic E-state index is 13.4. The van der Waals surface area contributed by atoms with Gasteiger partial charge in [0.1, 0.15) is 0 Å². The van der Waals surface area contributed by atoms with E-state index in [4.69, 9.17) is 0 Å². The van der Waals surface area contributed by atoms with Gasteiger partial charge in [0.15, 0.2) is 10.3 Å². The number of thiazole rings is 1. The number of rotatable bonds is 5. The normalized spacial score (nSPS) is 11.3. The summed E-state index contributed by atoms with van der Waals surface area (Å²) in [5.41, 5.74) is 3.09. The van der Waals surface area contributed by atoms with E-state index in [2.05, 4.69) is 20.5 Å². The predicted molar refractivity (Wildman–Crippen MR) is 127 cm³/mol. The summed E-state index contributed by atoms with van der Waals surface area (Å²) in [5, 5.41) is 15.0. The second kappa shape index (κ2) is 8.21. The van der Waals surface area contributed by atoms with E-state index in [-0.39, 0.29) is 17.2 Å². The molecule has 1 N–H and O–H groups in total. The lowest BCUT2D eigenvalue weighted by Gasteiger charge is -2.13. The van der Waals surface area contributed by atoms with Crippen molar-refractivity contribution in [2.24, 2.45) is 0 Å². The summed E-state index contributed by atoms with van der Waals surface area (Å²) in [6, 6.07) is 15.0. The van der Waals surface area contributed by atoms with Crippen molar-refractivity contribution in [1.82, 2.24) is 24.1 Å². The number of anilines is 1. The number of nitrogens with one attached hydrogen (secondary N) is 1. The van der Waals surface area contributed by atoms with Crippen LogP contribution in [0.5, 0.6) is 0 Å². The van der Waals surface area contributed by atoms with Crippen LogP contribution in [-0.2, 0) is 4.79 Å². The number of nitrogens with zero attached hydrogens (tertiary/aromatic N) is 5. The first kappa shape index (κ1) is 20.4. The molecule has 0 radical (unpaired) electrons. The van der Waals surface area contributed by atoms with Crippen LogP contribution in [0.2, 0.25) is 0 Å². The number of carbonyl (C=O) groups is 1. The number of para-hydroxylation sites is 2. The molecule has 0 unspecified atom stereocenters. The van der Waals surface area contributed by atoms with E-state index in [1.807, 2.05) is 66.1 Å². The van der Waals surface area contributed by atoms with Gasteiger partial charge < -0.3 is 5.32 Å². The summed E-state index contributed by atoms with van der Waals surface area (Å²) in [6.07, 6.45) is 0. The fourth-order valence-corrected chi connectivity index (χ4v) is 4.94. The van der Waals surface area contributed by atoms with Crippen LogP contribution in [0.15, 0.2) is 63.9 Å². The van der Waals surface area contributed by atoms with Gasteiger partial charge >= 0.3 is 0 Å². The molecule has 0 spiro atoms. The Hall–Kier alpha value is -3.50. The van der Waals surface area contributed by atoms with Crippen LogP contribution in [0.4, 0.5) is 5.13 Å². The van der Waals surface area contributed by atoms with Crippen LogP contribution in [-0.4, -0.2) is 35.8 Å². The van der Waals surface area contributed by atoms with Crippen molar-refractivity contribution >= 4 is 50.8 Å². The van der Waals surface area contributed by atoms with E-state index in [0.717, 1.165) is 16.9 Å². The molecule has 0 atom stereocenters. The molecule has 3 aromatic heterocycles. The second-order valence-electron chi connectivity index (χ2n) is 7.19. The fraction of sp³-hybridized carbons (Fsp3) is 0.136. The number of thioether (sulfide) groups is 1. The van der Waals surface area contributed by atoms with Gasteiger partial charge in [0.2, 0.25) is 11.7 Å². The van der Waals surface area contributed by atoms with E-state index in [0.29, 0.717) is 27.0 Å². The third-order valence-electron chi connectivity index (χ3n) is 4.95. The molecule has 3 heterocycles. The van der Waals surface area contributed by atoms with Crippen molar-refractivity contribution in [2.45, 2.75) is 19.0 Å². The molecular weight excluding hydrogens is 444 g/mol. The average molecular weight is 463 g/mol. The number of hydrogen-bond acceptors (Lipinski definition) is 7. The molecule has 0 bridgehead atoms. The number of carbonyl (C=O) groups excluding carboxylic acids is 1. The molecule has 10 heteroatoms. The molecular formula is C22H18N6O2S2. The minimum absolute atomic E-state index is 0.136. The van der Waals surface area contributed by atoms with Crippen LogP contribution in [0.3, 0.4) is 0 Å². The van der Waals surface area contributed by atoms with E-state index < -0.39 is 0 Å². The number of aromatic nitrogens is 5. The lowest BCUT2D eigenvalue weighted by Crippen LogP contribution is -2.22. The highest BCUT2D eigenvalue weighted by atomic mass is 32.2. The van der Waals surface area contributed by atoms with E-state index in [9.17, 15) is 9.59 Å². The monoisotopic (exact) mass is 462 g/mol. The molecule has 0 fully saturated rings. The van der Waals surface area contributed by atoms with Gasteiger partial charge in [0.25, 0.3) is 5.56 Å². The molecule has 1 amide bonds. The van der Waals surface area contributed by atoms with Gasteiger partial charge in [-0.15, -0.1) is 21.5 Å². The summed E-state index contributed by atoms with van der Waals surface area (Å²) < 4.78 is 3.40. The molecule has 0 saturated carbocycles. The summed E-state index contributed by atoms with van der Waals surface area (Å²) in [4.78, 5) is 30.1. The number of fused-ring (bicyclic) bond motifs is 3. The molecule has 0 aliphatic carbocycles. The zero-order valence-corrected chi connectivity index (χ0v) is 18.9. The molecule has 8 nitrogen and oxygen atoms in total. The number of aryl methyl sites for hydroxylation is 2. The van der Waals surface area contributed by atoms with Gasteiger partial charge in [-0.2, -0.15) is 0 Å². The van der Waals surface area contributed by atoms with Crippen molar-refractivity contribution in [3.8, 4) is 5.69 Å². The summed E-state index contributed by atoms with van der Waals surface area (Å²) >= 11 is 2.64. The maximum Gasteiger partial charge on any atom is 0.267 e. The van der Waals surface area contributed by atoms with Crippen molar-refractivity contribution in [2.75, 3.05) is 11.1 Å². The predicted octanol–water partition coefficient (Wildman–Crippen LogP) is 3.84. The third kappa shape index (κ3) is 3.57. The standard InChI is InChI=1S/C22H18N6O2S2/c1-13-7-3-5-9-16(13)27-19(30)15-8-4-6-10-17(15)28-21(27)25-26-22(28)32-12-18(29)24-20-23-14(2)11-31-20/h3-11H,12H2,1-2H3,(H,23,24,29). The molecule has 0 saturated heterocycles. The van der Waals surface area contributed by atoms with Crippen molar-refractivity contribution in [3.63, 3.8) is 0 Å². The molecule has 32 heavy (non-hydrogen) atoms. The Morgan fingerprint density at radius 3 is 2.66 bits per heavy atom. The van der Waals surface area contributed by atoms with Gasteiger partial charge in [0.05, 0.1) is 28.0 Å². The Labute approximate surface area is 190 Å². The van der Waals surface area contributed by atoms with Crippen molar-refractivity contribution < 1.29 is 4.79 Å². The molecule has 160 valence electrons. The zero-order valence-electron chi connectivity index (χ0n) is 17.3. The Bertz CT molecular complexity index is 1530. The smallest absolute Gasteiger partial charge is 0.267 e. The average Bonchev–Trinajstić information content (AvgIpc) is 3.39. The first-order valence-corrected chi connectivity index (χ1v) is 11.7. The SMILES string of the molecule is Cc1csc(NC(=O)CSc2nnc3n(-c4ccccc4C)c(=O)c4ccccc4n23)n1. The van der Waals surface area contributed by atoms with Crippen LogP contribution < -0.4 is 10.9 Å². The third-order valence-corrected chi connectivity index (χ3v) is 6.75. The van der Waals surface area contributed by atoms with Gasteiger partial charge in [-0.3, -0.25) is 14.0 Å². The molecule has 5 rings (SSSR count). The van der Waals surface area contributed by atoms with Crippen LogP contribution in [0, 0.1) is 13.8 Å². The molecule has 2 aromatic carbocycles. The zero-order chi connectivity index (χ0) is 22.2. The quantitative estimate of drug-likeness (QED) is 0.399. The lowest BCUT2D eigenvalue weighted by atomic mass is 10.2. The maximum atomic E-state index is 13.4. The van der Waals surface area contributed by atoms with E-state index in [1.54, 1.807) is 10.6 Å². The van der Waals surface area contributed by atoms with Crippen molar-refractivity contribution in [3.05, 3.63) is 75.5 Å². The van der Waals surface area contributed by atoms with Crippen LogP contribution >= 0.6 is 23.1 Å². The minimum atomic E-state index is -0.183. The Morgan fingerprint density at radius 2 is 1.88 bits per heavy atom. The van der Waals surface area contributed by atoms with E-state index in [1.165, 1.54) is 23.1 Å². The Kier molecular flexibility index (Phi) is 5.24. The van der Waals surface area contributed by atoms with Crippen molar-refractivity contribution in [1.29, 1.82) is 0 Å². The van der Waals surface area contributed by atoms with Gasteiger partial charge in [0, 0.05) is 5.38 Å². The first-order valence-electron chi connectivity index (χ1n) is 9.82. The first-order chi connectivity index (χ1) is 15.5. The fourth-order valence-electron chi connectivity index (χ4n) is 3.50. The summed E-state index contributed by atoms with van der Waals surface area (Å²) in [7, 11) is 0. The number of amides is 1. The topological polar surface area (TPSA) is 94.2 Å². The summed E-state index contributed by atoms with van der Waals surface area (Å²) in [6.45, 7) is 3.83. The van der Waals surface area contributed by atoms with Crippen LogP contribution in [0.1, 0.15) is 11.3 Å². The van der Waals surface area contributed by atoms with Gasteiger partial charge in [-0.05, 0) is 37.6 Å². The number of benzene rings is 2. The highest BCUT2D eigenvalue weighted by Gasteiger charge is 2.19. The van der Waals surface area contributed by atoms with Gasteiger partial charge in [-0.1, -0.05) is 42.1 Å². The number of hydrogen-bond donors (Lipinski definition) is 1. The Morgan fingerprint density at radius 1 is 1.09 bits per heavy atom. The second-order valence-corrected chi connectivity index (χ2v) is 8.99. The highest BCUT2D eigenvalue weighted by Crippen LogP contribution is 2.24. The van der Waals surface area contributed by atoms with E-state index >= 15 is 0 Å². The van der Waals surface area contributed by atoms with Crippen LogP contribution in [0.25, 0.3) is 22.4 Å². The largest absolute Gasteiger partial charge is 0.301 e. The van der Waals surface area contributed by atoms with Gasteiger partial charge in [-0.25, -0.2) is 9.55 Å². The minimum Gasteiger partial charge on any atom is -0.301 e. The molecule has 0 aliphatic rings.